The van der Waals surface area contributed by atoms with Gasteiger partial charge in [-0.25, -0.2) is 4.98 Å². The van der Waals surface area contributed by atoms with Crippen molar-refractivity contribution < 1.29 is 13.2 Å². The van der Waals surface area contributed by atoms with Gasteiger partial charge in [-0.1, -0.05) is 36.4 Å². The first-order chi connectivity index (χ1) is 14.7. The molecular weight excluding hydrogens is 437 g/mol. The van der Waals surface area contributed by atoms with Crippen molar-refractivity contribution in [2.75, 3.05) is 16.8 Å². The predicted molar refractivity (Wildman–Crippen MR) is 123 cm³/mol. The second kappa shape index (κ2) is 9.36. The third-order valence-electron chi connectivity index (χ3n) is 5.94. The summed E-state index contributed by atoms with van der Waals surface area (Å²) >= 11 is 0. The second-order valence-corrected chi connectivity index (χ2v) is 7.95. The molecule has 1 aliphatic heterocycles. The average molecular weight is 463 g/mol. The highest BCUT2D eigenvalue weighted by Crippen LogP contribution is 2.35. The minimum absolute atomic E-state index is 0. The van der Waals surface area contributed by atoms with Crippen LogP contribution in [0.15, 0.2) is 48.5 Å². The summed E-state index contributed by atoms with van der Waals surface area (Å²) in [6.07, 6.45) is -3.42. The molecule has 0 saturated heterocycles. The number of aromatic nitrogens is 2. The molecule has 0 amide bonds. The third-order valence-corrected chi connectivity index (χ3v) is 5.94. The molecule has 0 radical (unpaired) electrons. The van der Waals surface area contributed by atoms with Gasteiger partial charge in [-0.05, 0) is 56.0 Å². The number of hydrogen-bond donors (Lipinski definition) is 1. The van der Waals surface area contributed by atoms with Gasteiger partial charge in [0.2, 0.25) is 5.95 Å². The topological polar surface area (TPSA) is 41.1 Å². The zero-order valence-electron chi connectivity index (χ0n) is 18.2. The first-order valence-corrected chi connectivity index (χ1v) is 10.3. The number of benzene rings is 2. The Kier molecular flexibility index (Phi) is 6.98. The standard InChI is InChI=1S/C24H25F3N4.ClH/c1-15-16(2)29-23(28-14-18-7-6-9-20(13-18)24(25,26)27)30-22(15)31-12-11-19-8-4-5-10-21(19)17(31)3;/h4-10,13,17H,11-12,14H2,1-3H3,(H,28,29,30);1H. The number of nitrogens with zero attached hydrogens (tertiary/aromatic N) is 3. The molecule has 8 heteroatoms. The van der Waals surface area contributed by atoms with Crippen molar-refractivity contribution in [2.24, 2.45) is 0 Å². The quantitative estimate of drug-likeness (QED) is 0.496. The summed E-state index contributed by atoms with van der Waals surface area (Å²) in [6.45, 7) is 7.17. The first kappa shape index (κ1) is 23.9. The van der Waals surface area contributed by atoms with E-state index >= 15 is 0 Å². The largest absolute Gasteiger partial charge is 0.416 e. The molecule has 0 saturated carbocycles. The van der Waals surface area contributed by atoms with E-state index in [1.807, 2.05) is 13.8 Å². The van der Waals surface area contributed by atoms with Crippen LogP contribution in [0.25, 0.3) is 0 Å². The van der Waals surface area contributed by atoms with Crippen molar-refractivity contribution in [1.29, 1.82) is 0 Å². The van der Waals surface area contributed by atoms with E-state index < -0.39 is 11.7 Å². The Morgan fingerprint density at radius 2 is 1.81 bits per heavy atom. The van der Waals surface area contributed by atoms with Crippen LogP contribution in [0.1, 0.15) is 46.5 Å². The van der Waals surface area contributed by atoms with E-state index in [1.54, 1.807) is 6.07 Å². The van der Waals surface area contributed by atoms with Gasteiger partial charge >= 0.3 is 6.18 Å². The van der Waals surface area contributed by atoms with Gasteiger partial charge in [-0.3, -0.25) is 0 Å². The maximum absolute atomic E-state index is 13.0. The highest BCUT2D eigenvalue weighted by atomic mass is 35.5. The van der Waals surface area contributed by atoms with Crippen LogP contribution in [0.2, 0.25) is 0 Å². The number of anilines is 2. The normalized spacial score (nSPS) is 15.7. The highest BCUT2D eigenvalue weighted by molar-refractivity contribution is 5.85. The van der Waals surface area contributed by atoms with Gasteiger partial charge in [0.1, 0.15) is 5.82 Å². The maximum Gasteiger partial charge on any atom is 0.416 e. The van der Waals surface area contributed by atoms with E-state index in [-0.39, 0.29) is 25.0 Å². The van der Waals surface area contributed by atoms with Crippen LogP contribution in [0.4, 0.5) is 24.9 Å². The summed E-state index contributed by atoms with van der Waals surface area (Å²) in [7, 11) is 0. The fourth-order valence-corrected chi connectivity index (χ4v) is 4.07. The predicted octanol–water partition coefficient (Wildman–Crippen LogP) is 6.27. The number of rotatable bonds is 4. The van der Waals surface area contributed by atoms with Gasteiger partial charge in [0.25, 0.3) is 0 Å². The van der Waals surface area contributed by atoms with Crippen LogP contribution >= 0.6 is 12.4 Å². The van der Waals surface area contributed by atoms with Gasteiger partial charge < -0.3 is 10.2 Å². The SMILES string of the molecule is Cc1nc(NCc2cccc(C(F)(F)F)c2)nc(N2CCc3ccccc3C2C)c1C.Cl. The van der Waals surface area contributed by atoms with Crippen LogP contribution in [0.5, 0.6) is 0 Å². The van der Waals surface area contributed by atoms with Gasteiger partial charge in [0, 0.05) is 24.3 Å². The zero-order chi connectivity index (χ0) is 22.2. The molecule has 2 aromatic carbocycles. The average Bonchev–Trinajstić information content (AvgIpc) is 2.75. The maximum atomic E-state index is 13.0. The zero-order valence-corrected chi connectivity index (χ0v) is 19.0. The van der Waals surface area contributed by atoms with Gasteiger partial charge in [0.15, 0.2) is 0 Å². The van der Waals surface area contributed by atoms with E-state index in [2.05, 4.69) is 46.4 Å². The Morgan fingerprint density at radius 1 is 1.06 bits per heavy atom. The van der Waals surface area contributed by atoms with Crippen LogP contribution in [-0.2, 0) is 19.1 Å². The molecule has 1 N–H and O–H groups in total. The lowest BCUT2D eigenvalue weighted by atomic mass is 9.93. The molecule has 3 aromatic rings. The van der Waals surface area contributed by atoms with Crippen molar-refractivity contribution in [1.82, 2.24) is 9.97 Å². The molecule has 0 bridgehead atoms. The Bertz CT molecular complexity index is 1100. The van der Waals surface area contributed by atoms with Gasteiger partial charge in [0.05, 0.1) is 11.6 Å². The van der Waals surface area contributed by atoms with Crippen LogP contribution in [0.3, 0.4) is 0 Å². The summed E-state index contributed by atoms with van der Waals surface area (Å²) in [5, 5.41) is 3.10. The number of nitrogens with one attached hydrogen (secondary N) is 1. The van der Waals surface area contributed by atoms with E-state index in [9.17, 15) is 13.2 Å². The molecule has 170 valence electrons. The fourth-order valence-electron chi connectivity index (χ4n) is 4.07. The lowest BCUT2D eigenvalue weighted by Gasteiger charge is -2.37. The molecule has 0 fully saturated rings. The van der Waals surface area contributed by atoms with Crippen LogP contribution in [0, 0.1) is 13.8 Å². The molecule has 4 nitrogen and oxygen atoms in total. The van der Waals surface area contributed by atoms with Crippen molar-refractivity contribution in [3.05, 3.63) is 82.0 Å². The number of hydrogen-bond acceptors (Lipinski definition) is 4. The molecule has 2 heterocycles. The number of fused-ring (bicyclic) bond motifs is 1. The fraction of sp³-hybridized carbons (Fsp3) is 0.333. The molecule has 32 heavy (non-hydrogen) atoms. The second-order valence-electron chi connectivity index (χ2n) is 7.95. The lowest BCUT2D eigenvalue weighted by molar-refractivity contribution is -0.137. The highest BCUT2D eigenvalue weighted by Gasteiger charge is 2.30. The lowest BCUT2D eigenvalue weighted by Crippen LogP contribution is -2.35. The van der Waals surface area contributed by atoms with Crippen molar-refractivity contribution >= 4 is 24.2 Å². The number of aryl methyl sites for hydroxylation is 1. The Morgan fingerprint density at radius 3 is 2.56 bits per heavy atom. The monoisotopic (exact) mass is 462 g/mol. The first-order valence-electron chi connectivity index (χ1n) is 10.3. The van der Waals surface area contributed by atoms with Crippen molar-refractivity contribution in [3.63, 3.8) is 0 Å². The molecule has 0 spiro atoms. The minimum atomic E-state index is -4.36. The smallest absolute Gasteiger partial charge is 0.350 e. The van der Waals surface area contributed by atoms with E-state index in [0.29, 0.717) is 11.5 Å². The van der Waals surface area contributed by atoms with Crippen molar-refractivity contribution in [3.8, 4) is 0 Å². The van der Waals surface area contributed by atoms with Crippen molar-refractivity contribution in [2.45, 2.75) is 46.0 Å². The number of halogens is 4. The van der Waals surface area contributed by atoms with Crippen LogP contribution in [-0.4, -0.2) is 16.5 Å². The third kappa shape index (κ3) is 4.83. The summed E-state index contributed by atoms with van der Waals surface area (Å²) in [5.41, 5.74) is 4.38. The van der Waals surface area contributed by atoms with E-state index in [1.165, 1.54) is 17.2 Å². The Labute approximate surface area is 192 Å². The molecule has 4 rings (SSSR count). The summed E-state index contributed by atoms with van der Waals surface area (Å²) < 4.78 is 38.9. The minimum Gasteiger partial charge on any atom is -0.350 e. The molecule has 1 unspecified atom stereocenters. The molecule has 1 aromatic heterocycles. The molecule has 1 aliphatic rings. The number of alkyl halides is 3. The van der Waals surface area contributed by atoms with Gasteiger partial charge in [-0.15, -0.1) is 12.4 Å². The molecule has 0 aliphatic carbocycles. The Balaban J connectivity index is 0.00000289. The molecular formula is C24H26ClF3N4. The van der Waals surface area contributed by atoms with E-state index in [4.69, 9.17) is 4.98 Å². The summed E-state index contributed by atoms with van der Waals surface area (Å²) in [4.78, 5) is 11.5. The van der Waals surface area contributed by atoms with Crippen LogP contribution < -0.4 is 10.2 Å². The summed E-state index contributed by atoms with van der Waals surface area (Å²) in [5.74, 6) is 1.28. The van der Waals surface area contributed by atoms with Gasteiger partial charge in [-0.2, -0.15) is 18.2 Å². The summed E-state index contributed by atoms with van der Waals surface area (Å²) in [6, 6.07) is 13.9. The van der Waals surface area contributed by atoms with E-state index in [0.717, 1.165) is 42.2 Å². The molecule has 1 atom stereocenters. The Hall–Kier alpha value is -2.80.